The highest BCUT2D eigenvalue weighted by Crippen LogP contribution is 2.10. The van der Waals surface area contributed by atoms with E-state index in [9.17, 15) is 0 Å². The third-order valence-corrected chi connectivity index (χ3v) is 4.20. The number of nitrogens with zero attached hydrogens (tertiary/aromatic N) is 4. The van der Waals surface area contributed by atoms with E-state index in [-0.39, 0.29) is 24.0 Å². The molecule has 0 atom stereocenters. The van der Waals surface area contributed by atoms with Crippen LogP contribution in [0.15, 0.2) is 29.4 Å². The number of nitrogens with one attached hydrogen (secondary N) is 2. The molecule has 2 rings (SSSR count). The predicted octanol–water partition coefficient (Wildman–Crippen LogP) is 3.76. The maximum atomic E-state index is 5.59. The summed E-state index contributed by atoms with van der Waals surface area (Å²) in [6.07, 6.45) is 5.13. The largest absolute Gasteiger partial charge is 0.381 e. The number of ether oxygens (including phenoxy) is 1. The summed E-state index contributed by atoms with van der Waals surface area (Å²) >= 11 is 0. The fourth-order valence-electron chi connectivity index (χ4n) is 2.74. The minimum Gasteiger partial charge on any atom is -0.381 e. The SMILES string of the molecule is CCCCOCCCNC(=NCc1ccc(-n2nc(C)cc2C)nc1)NCC.I. The van der Waals surface area contributed by atoms with Gasteiger partial charge < -0.3 is 15.4 Å². The van der Waals surface area contributed by atoms with Crippen molar-refractivity contribution in [3.05, 3.63) is 41.3 Å². The van der Waals surface area contributed by atoms with Crippen molar-refractivity contribution in [2.24, 2.45) is 4.99 Å². The van der Waals surface area contributed by atoms with E-state index in [0.717, 1.165) is 67.9 Å². The molecule has 162 valence electrons. The highest BCUT2D eigenvalue weighted by atomic mass is 127. The zero-order valence-corrected chi connectivity index (χ0v) is 20.4. The van der Waals surface area contributed by atoms with Crippen LogP contribution in [0.3, 0.4) is 0 Å². The molecule has 0 saturated carbocycles. The molecule has 2 heterocycles. The Morgan fingerprint density at radius 1 is 1.14 bits per heavy atom. The standard InChI is InChI=1S/C21H34N6O.HI/c1-5-7-12-28-13-8-11-23-21(22-6-2)25-16-19-9-10-20(24-15-19)27-18(4)14-17(3)26-27;/h9-10,14-15H,5-8,11-13,16H2,1-4H3,(H2,22,23,25);1H. The number of guanidine groups is 1. The van der Waals surface area contributed by atoms with E-state index < -0.39 is 0 Å². The summed E-state index contributed by atoms with van der Waals surface area (Å²) < 4.78 is 7.44. The van der Waals surface area contributed by atoms with Crippen LogP contribution in [0.2, 0.25) is 0 Å². The number of rotatable bonds is 11. The van der Waals surface area contributed by atoms with Crippen LogP contribution in [-0.4, -0.2) is 47.0 Å². The molecular weight excluding hydrogens is 479 g/mol. The Balaban J connectivity index is 0.00000420. The van der Waals surface area contributed by atoms with Crippen molar-refractivity contribution in [3.8, 4) is 5.82 Å². The van der Waals surface area contributed by atoms with E-state index in [0.29, 0.717) is 6.54 Å². The molecule has 7 nitrogen and oxygen atoms in total. The van der Waals surface area contributed by atoms with E-state index in [1.807, 2.05) is 42.9 Å². The van der Waals surface area contributed by atoms with Gasteiger partial charge >= 0.3 is 0 Å². The summed E-state index contributed by atoms with van der Waals surface area (Å²) in [6, 6.07) is 6.08. The zero-order chi connectivity index (χ0) is 20.2. The number of aryl methyl sites for hydroxylation is 2. The minimum atomic E-state index is 0. The van der Waals surface area contributed by atoms with Crippen molar-refractivity contribution < 1.29 is 4.74 Å². The number of pyridine rings is 1. The summed E-state index contributed by atoms with van der Waals surface area (Å²) in [6.45, 7) is 12.1. The minimum absolute atomic E-state index is 0. The molecule has 0 radical (unpaired) electrons. The van der Waals surface area contributed by atoms with Crippen LogP contribution in [0.5, 0.6) is 0 Å². The van der Waals surface area contributed by atoms with Gasteiger partial charge in [-0.25, -0.2) is 14.7 Å². The first kappa shape index (κ1) is 25.4. The van der Waals surface area contributed by atoms with Gasteiger partial charge in [-0.2, -0.15) is 5.10 Å². The first-order chi connectivity index (χ1) is 13.6. The lowest BCUT2D eigenvalue weighted by atomic mass is 10.3. The van der Waals surface area contributed by atoms with E-state index >= 15 is 0 Å². The summed E-state index contributed by atoms with van der Waals surface area (Å²) in [7, 11) is 0. The molecule has 0 unspecified atom stereocenters. The summed E-state index contributed by atoms with van der Waals surface area (Å²) in [4.78, 5) is 9.18. The van der Waals surface area contributed by atoms with Gasteiger partial charge in [0.05, 0.1) is 12.2 Å². The lowest BCUT2D eigenvalue weighted by molar-refractivity contribution is 0.129. The molecule has 0 saturated heterocycles. The Morgan fingerprint density at radius 2 is 1.93 bits per heavy atom. The first-order valence-corrected chi connectivity index (χ1v) is 10.2. The second-order valence-corrected chi connectivity index (χ2v) is 6.80. The fraction of sp³-hybridized carbons (Fsp3) is 0.571. The molecule has 0 aliphatic rings. The van der Waals surface area contributed by atoms with Crippen LogP contribution >= 0.6 is 24.0 Å². The quantitative estimate of drug-likeness (QED) is 0.207. The third kappa shape index (κ3) is 9.12. The fourth-order valence-corrected chi connectivity index (χ4v) is 2.74. The maximum absolute atomic E-state index is 5.59. The summed E-state index contributed by atoms with van der Waals surface area (Å²) in [5, 5.41) is 11.1. The normalized spacial score (nSPS) is 11.2. The Bertz CT molecular complexity index is 729. The van der Waals surface area contributed by atoms with E-state index in [1.54, 1.807) is 0 Å². The van der Waals surface area contributed by atoms with Crippen molar-refractivity contribution in [1.29, 1.82) is 0 Å². The highest BCUT2D eigenvalue weighted by molar-refractivity contribution is 14.0. The van der Waals surface area contributed by atoms with Crippen molar-refractivity contribution in [2.75, 3.05) is 26.3 Å². The zero-order valence-electron chi connectivity index (χ0n) is 18.1. The Morgan fingerprint density at radius 3 is 2.55 bits per heavy atom. The number of halogens is 1. The number of unbranched alkanes of at least 4 members (excludes halogenated alkanes) is 1. The molecular formula is C21H35IN6O. The van der Waals surface area contributed by atoms with Gasteiger partial charge in [0.15, 0.2) is 11.8 Å². The lowest BCUT2D eigenvalue weighted by Crippen LogP contribution is -2.38. The molecule has 0 amide bonds. The number of hydrogen-bond acceptors (Lipinski definition) is 4. The van der Waals surface area contributed by atoms with Gasteiger partial charge in [-0.05, 0) is 51.3 Å². The van der Waals surface area contributed by atoms with E-state index in [4.69, 9.17) is 4.74 Å². The smallest absolute Gasteiger partial charge is 0.191 e. The molecule has 29 heavy (non-hydrogen) atoms. The number of aliphatic imine (C=N–C) groups is 1. The van der Waals surface area contributed by atoms with E-state index in [1.165, 1.54) is 6.42 Å². The van der Waals surface area contributed by atoms with Crippen molar-refractivity contribution >= 4 is 29.9 Å². The Hall–Kier alpha value is -1.68. The molecule has 2 aromatic heterocycles. The molecule has 0 spiro atoms. The van der Waals surface area contributed by atoms with Gasteiger partial charge in [0.1, 0.15) is 0 Å². The van der Waals surface area contributed by atoms with Crippen LogP contribution in [0, 0.1) is 13.8 Å². The van der Waals surface area contributed by atoms with Gasteiger partial charge in [-0.1, -0.05) is 19.4 Å². The molecule has 0 aliphatic carbocycles. The average molecular weight is 514 g/mol. The number of aromatic nitrogens is 3. The van der Waals surface area contributed by atoms with Gasteiger partial charge in [-0.15, -0.1) is 24.0 Å². The van der Waals surface area contributed by atoms with Gasteiger partial charge in [0.25, 0.3) is 0 Å². The molecule has 0 aliphatic heterocycles. The second-order valence-electron chi connectivity index (χ2n) is 6.80. The topological polar surface area (TPSA) is 76.4 Å². The Kier molecular flexibility index (Phi) is 12.5. The van der Waals surface area contributed by atoms with Crippen LogP contribution in [-0.2, 0) is 11.3 Å². The predicted molar refractivity (Wildman–Crippen MR) is 129 cm³/mol. The van der Waals surface area contributed by atoms with Gasteiger partial charge in [-0.3, -0.25) is 0 Å². The van der Waals surface area contributed by atoms with Gasteiger partial charge in [0, 0.05) is 38.2 Å². The third-order valence-electron chi connectivity index (χ3n) is 4.20. The highest BCUT2D eigenvalue weighted by Gasteiger charge is 2.05. The van der Waals surface area contributed by atoms with Crippen molar-refractivity contribution in [2.45, 2.75) is 53.5 Å². The number of hydrogen-bond donors (Lipinski definition) is 2. The van der Waals surface area contributed by atoms with Gasteiger partial charge in [0.2, 0.25) is 0 Å². The average Bonchev–Trinajstić information content (AvgIpc) is 3.03. The lowest BCUT2D eigenvalue weighted by Gasteiger charge is -2.11. The molecule has 2 aromatic rings. The molecule has 2 N–H and O–H groups in total. The molecule has 8 heteroatoms. The van der Waals surface area contributed by atoms with Crippen LogP contribution in [0.1, 0.15) is 50.1 Å². The van der Waals surface area contributed by atoms with Crippen LogP contribution in [0.25, 0.3) is 5.82 Å². The van der Waals surface area contributed by atoms with Crippen molar-refractivity contribution in [3.63, 3.8) is 0 Å². The molecule has 0 bridgehead atoms. The molecule has 0 fully saturated rings. The second kappa shape index (κ2) is 14.3. The summed E-state index contributed by atoms with van der Waals surface area (Å²) in [5.41, 5.74) is 3.13. The molecule has 0 aromatic carbocycles. The first-order valence-electron chi connectivity index (χ1n) is 10.2. The Labute approximate surface area is 191 Å². The summed E-state index contributed by atoms with van der Waals surface area (Å²) in [5.74, 6) is 1.64. The van der Waals surface area contributed by atoms with Crippen LogP contribution in [0.4, 0.5) is 0 Å². The maximum Gasteiger partial charge on any atom is 0.191 e. The van der Waals surface area contributed by atoms with Crippen molar-refractivity contribution in [1.82, 2.24) is 25.4 Å². The van der Waals surface area contributed by atoms with Crippen LogP contribution < -0.4 is 10.6 Å². The van der Waals surface area contributed by atoms with E-state index in [2.05, 4.69) is 39.6 Å². The monoisotopic (exact) mass is 514 g/mol.